The molecule has 1 aliphatic rings. The molecule has 1 aromatic carbocycles. The monoisotopic (exact) mass is 277 g/mol. The zero-order chi connectivity index (χ0) is 13.0. The van der Waals surface area contributed by atoms with Crippen molar-refractivity contribution in [3.8, 4) is 0 Å². The minimum absolute atomic E-state index is 0.00608. The van der Waals surface area contributed by atoms with Gasteiger partial charge in [0.2, 0.25) is 0 Å². The zero-order valence-corrected chi connectivity index (χ0v) is 11.8. The van der Waals surface area contributed by atoms with Crippen molar-refractivity contribution in [3.05, 3.63) is 48.0 Å². The van der Waals surface area contributed by atoms with Crippen molar-refractivity contribution >= 4 is 34.2 Å². The van der Waals surface area contributed by atoms with Crippen LogP contribution in [0.15, 0.2) is 42.5 Å². The fraction of sp³-hybridized carbons (Fsp3) is 0.286. The van der Waals surface area contributed by atoms with Gasteiger partial charge in [-0.05, 0) is 25.0 Å². The third-order valence-corrected chi connectivity index (χ3v) is 4.37. The van der Waals surface area contributed by atoms with Crippen molar-refractivity contribution in [1.82, 2.24) is 4.90 Å². The standard InChI is InChI=1S/C14H15NOS2/c1-2-6-13(16)15-12(10-18-14(15)17)9-11-7-4-3-5-8-11/h2-8,12H,9-10H2,1H3/b6-2+/t12-/m0/s1. The lowest BCUT2D eigenvalue weighted by atomic mass is 10.1. The van der Waals surface area contributed by atoms with Gasteiger partial charge in [0, 0.05) is 5.75 Å². The molecule has 1 aliphatic heterocycles. The SMILES string of the molecule is C/C=C/C(=O)N1C(=S)SC[C@@H]1Cc1ccccc1. The molecule has 0 bridgehead atoms. The number of nitrogens with zero attached hydrogens (tertiary/aromatic N) is 1. The average molecular weight is 277 g/mol. The Balaban J connectivity index is 2.12. The lowest BCUT2D eigenvalue weighted by molar-refractivity contribution is -0.123. The van der Waals surface area contributed by atoms with Crippen LogP contribution in [0.1, 0.15) is 12.5 Å². The first-order valence-corrected chi connectivity index (χ1v) is 7.28. The molecule has 1 saturated heterocycles. The second-order valence-electron chi connectivity index (χ2n) is 4.13. The van der Waals surface area contributed by atoms with Crippen LogP contribution in [0.2, 0.25) is 0 Å². The summed E-state index contributed by atoms with van der Waals surface area (Å²) in [5.41, 5.74) is 1.24. The van der Waals surface area contributed by atoms with Crippen molar-refractivity contribution in [3.63, 3.8) is 0 Å². The molecule has 0 radical (unpaired) electrons. The molecule has 0 aromatic heterocycles. The van der Waals surface area contributed by atoms with E-state index in [9.17, 15) is 4.79 Å². The molecular weight excluding hydrogens is 262 g/mol. The second-order valence-corrected chi connectivity index (χ2v) is 5.78. The highest BCUT2D eigenvalue weighted by molar-refractivity contribution is 8.23. The smallest absolute Gasteiger partial charge is 0.251 e. The summed E-state index contributed by atoms with van der Waals surface area (Å²) in [6.07, 6.45) is 4.20. The minimum Gasteiger partial charge on any atom is -0.290 e. The Morgan fingerprint density at radius 2 is 2.22 bits per heavy atom. The van der Waals surface area contributed by atoms with Crippen LogP contribution < -0.4 is 0 Å². The maximum Gasteiger partial charge on any atom is 0.251 e. The summed E-state index contributed by atoms with van der Waals surface area (Å²) in [6.45, 7) is 1.84. The highest BCUT2D eigenvalue weighted by Gasteiger charge is 2.32. The predicted octanol–water partition coefficient (Wildman–Crippen LogP) is 3.03. The summed E-state index contributed by atoms with van der Waals surface area (Å²) in [5, 5.41) is 0. The molecule has 0 saturated carbocycles. The Morgan fingerprint density at radius 1 is 1.50 bits per heavy atom. The van der Waals surface area contributed by atoms with Crippen LogP contribution in [0, 0.1) is 0 Å². The number of hydrogen-bond donors (Lipinski definition) is 0. The lowest BCUT2D eigenvalue weighted by Gasteiger charge is -2.22. The fourth-order valence-electron chi connectivity index (χ4n) is 1.99. The van der Waals surface area contributed by atoms with Crippen LogP contribution in [0.4, 0.5) is 0 Å². The normalized spacial score (nSPS) is 19.7. The Morgan fingerprint density at radius 3 is 2.89 bits per heavy atom. The molecule has 0 unspecified atom stereocenters. The molecule has 1 heterocycles. The van der Waals surface area contributed by atoms with Gasteiger partial charge in [-0.1, -0.05) is 60.4 Å². The van der Waals surface area contributed by atoms with Crippen LogP contribution in [0.25, 0.3) is 0 Å². The van der Waals surface area contributed by atoms with E-state index in [-0.39, 0.29) is 11.9 Å². The van der Waals surface area contributed by atoms with Gasteiger partial charge in [0.1, 0.15) is 4.32 Å². The number of carbonyl (C=O) groups is 1. The van der Waals surface area contributed by atoms with E-state index < -0.39 is 0 Å². The molecule has 18 heavy (non-hydrogen) atoms. The average Bonchev–Trinajstić information content (AvgIpc) is 2.72. The molecule has 4 heteroatoms. The Hall–Kier alpha value is -1.13. The largest absolute Gasteiger partial charge is 0.290 e. The highest BCUT2D eigenvalue weighted by Crippen LogP contribution is 2.27. The van der Waals surface area contributed by atoms with Crippen LogP contribution in [-0.4, -0.2) is 26.9 Å². The maximum absolute atomic E-state index is 12.0. The van der Waals surface area contributed by atoms with E-state index in [2.05, 4.69) is 12.1 Å². The van der Waals surface area contributed by atoms with Gasteiger partial charge in [-0.2, -0.15) is 0 Å². The van der Waals surface area contributed by atoms with E-state index in [0.29, 0.717) is 4.32 Å². The summed E-state index contributed by atoms with van der Waals surface area (Å²) in [4.78, 5) is 13.7. The molecule has 0 spiro atoms. The van der Waals surface area contributed by atoms with E-state index in [0.717, 1.165) is 12.2 Å². The van der Waals surface area contributed by atoms with E-state index in [1.807, 2.05) is 25.1 Å². The number of thioether (sulfide) groups is 1. The van der Waals surface area contributed by atoms with E-state index in [1.54, 1.807) is 28.8 Å². The Labute approximate surface area is 117 Å². The molecule has 1 atom stereocenters. The van der Waals surface area contributed by atoms with E-state index >= 15 is 0 Å². The molecule has 0 N–H and O–H groups in total. The molecule has 0 aliphatic carbocycles. The zero-order valence-electron chi connectivity index (χ0n) is 10.2. The molecular formula is C14H15NOS2. The number of allylic oxidation sites excluding steroid dienone is 1. The van der Waals surface area contributed by atoms with Crippen LogP contribution >= 0.6 is 24.0 Å². The van der Waals surface area contributed by atoms with Gasteiger partial charge in [-0.25, -0.2) is 0 Å². The van der Waals surface area contributed by atoms with Crippen LogP contribution in [0.5, 0.6) is 0 Å². The summed E-state index contributed by atoms with van der Waals surface area (Å²) < 4.78 is 0.694. The van der Waals surface area contributed by atoms with Gasteiger partial charge in [0.05, 0.1) is 6.04 Å². The molecule has 1 fully saturated rings. The quantitative estimate of drug-likeness (QED) is 0.625. The van der Waals surface area contributed by atoms with E-state index in [1.165, 1.54) is 5.56 Å². The molecule has 94 valence electrons. The predicted molar refractivity (Wildman–Crippen MR) is 80.7 cm³/mol. The van der Waals surface area contributed by atoms with Crippen molar-refractivity contribution in [2.75, 3.05) is 5.75 Å². The molecule has 2 nitrogen and oxygen atoms in total. The Kier molecular flexibility index (Phi) is 4.55. The number of hydrogen-bond acceptors (Lipinski definition) is 3. The van der Waals surface area contributed by atoms with Gasteiger partial charge in [-0.15, -0.1) is 0 Å². The summed E-state index contributed by atoms with van der Waals surface area (Å²) in [7, 11) is 0. The van der Waals surface area contributed by atoms with Gasteiger partial charge < -0.3 is 0 Å². The van der Waals surface area contributed by atoms with Crippen molar-refractivity contribution < 1.29 is 4.79 Å². The fourth-order valence-corrected chi connectivity index (χ4v) is 3.41. The maximum atomic E-state index is 12.0. The first-order chi connectivity index (χ1) is 8.72. The number of rotatable bonds is 3. The first kappa shape index (κ1) is 13.3. The lowest BCUT2D eigenvalue weighted by Crippen LogP contribution is -2.38. The third kappa shape index (κ3) is 3.00. The van der Waals surface area contributed by atoms with Crippen molar-refractivity contribution in [2.45, 2.75) is 19.4 Å². The Bertz CT molecular complexity index is 470. The topological polar surface area (TPSA) is 20.3 Å². The first-order valence-electron chi connectivity index (χ1n) is 5.89. The number of carbonyl (C=O) groups excluding carboxylic acids is 1. The summed E-state index contributed by atoms with van der Waals surface area (Å²) in [6, 6.07) is 10.4. The number of amides is 1. The van der Waals surface area contributed by atoms with Crippen LogP contribution in [-0.2, 0) is 11.2 Å². The molecule has 1 amide bonds. The second kappa shape index (κ2) is 6.16. The van der Waals surface area contributed by atoms with Gasteiger partial charge in [-0.3, -0.25) is 9.69 Å². The van der Waals surface area contributed by atoms with Gasteiger partial charge >= 0.3 is 0 Å². The molecule has 1 aromatic rings. The third-order valence-electron chi connectivity index (χ3n) is 2.82. The van der Waals surface area contributed by atoms with Crippen molar-refractivity contribution in [1.29, 1.82) is 0 Å². The highest BCUT2D eigenvalue weighted by atomic mass is 32.2. The summed E-state index contributed by atoms with van der Waals surface area (Å²) in [5.74, 6) is 0.880. The molecule has 2 rings (SSSR count). The minimum atomic E-state index is -0.00608. The van der Waals surface area contributed by atoms with Gasteiger partial charge in [0.25, 0.3) is 5.91 Å². The number of thiocarbonyl (C=S) groups is 1. The summed E-state index contributed by atoms with van der Waals surface area (Å²) >= 11 is 6.85. The van der Waals surface area contributed by atoms with Gasteiger partial charge in [0.15, 0.2) is 0 Å². The van der Waals surface area contributed by atoms with Crippen LogP contribution in [0.3, 0.4) is 0 Å². The van der Waals surface area contributed by atoms with E-state index in [4.69, 9.17) is 12.2 Å². The van der Waals surface area contributed by atoms with Crippen molar-refractivity contribution in [2.24, 2.45) is 0 Å². The number of benzene rings is 1.